The molecule has 1 aliphatic heterocycles. The van der Waals surface area contributed by atoms with Crippen LogP contribution in [0.25, 0.3) is 0 Å². The average molecular weight is 262 g/mol. The number of benzene rings is 1. The number of anilines is 1. The summed E-state index contributed by atoms with van der Waals surface area (Å²) in [5.41, 5.74) is 1.27. The van der Waals surface area contributed by atoms with Crippen molar-refractivity contribution in [2.75, 3.05) is 38.1 Å². The number of piperidine rings is 1. The minimum absolute atomic E-state index is 0.172. The topological polar surface area (TPSA) is 26.7 Å². The van der Waals surface area contributed by atoms with Crippen molar-refractivity contribution < 1.29 is 5.11 Å². The van der Waals surface area contributed by atoms with Gasteiger partial charge in [-0.1, -0.05) is 18.2 Å². The smallest absolute Gasteiger partial charge is 0.0552 e. The molecular weight excluding hydrogens is 236 g/mol. The zero-order valence-electron chi connectivity index (χ0n) is 12.1. The first-order valence-corrected chi connectivity index (χ1v) is 7.33. The van der Waals surface area contributed by atoms with Crippen LogP contribution in [0.3, 0.4) is 0 Å². The summed E-state index contributed by atoms with van der Waals surface area (Å²) < 4.78 is 0. The van der Waals surface area contributed by atoms with Gasteiger partial charge in [-0.3, -0.25) is 0 Å². The average Bonchev–Trinajstić information content (AvgIpc) is 2.46. The number of para-hydroxylation sites is 1. The second-order valence-electron chi connectivity index (χ2n) is 5.70. The zero-order chi connectivity index (χ0) is 13.7. The van der Waals surface area contributed by atoms with Crippen molar-refractivity contribution in [3.8, 4) is 0 Å². The molecule has 0 bridgehead atoms. The molecule has 0 saturated carbocycles. The fraction of sp³-hybridized carbons (Fsp3) is 0.625. The van der Waals surface area contributed by atoms with Gasteiger partial charge in [0.1, 0.15) is 0 Å². The highest BCUT2D eigenvalue weighted by atomic mass is 16.3. The van der Waals surface area contributed by atoms with E-state index in [-0.39, 0.29) is 6.10 Å². The minimum Gasteiger partial charge on any atom is -0.393 e. The van der Waals surface area contributed by atoms with Crippen LogP contribution >= 0.6 is 0 Å². The lowest BCUT2D eigenvalue weighted by molar-refractivity contribution is 0.0641. The van der Waals surface area contributed by atoms with Crippen molar-refractivity contribution in [2.24, 2.45) is 5.92 Å². The number of likely N-dealkylation sites (N-methyl/N-ethyl adjacent to an activating group) is 1. The largest absolute Gasteiger partial charge is 0.393 e. The molecular formula is C16H26N2O. The van der Waals surface area contributed by atoms with E-state index in [1.165, 1.54) is 25.1 Å². The van der Waals surface area contributed by atoms with Crippen molar-refractivity contribution in [1.29, 1.82) is 0 Å². The van der Waals surface area contributed by atoms with Crippen LogP contribution in [0.5, 0.6) is 0 Å². The first kappa shape index (κ1) is 14.4. The number of hydrogen-bond donors (Lipinski definition) is 1. The van der Waals surface area contributed by atoms with Gasteiger partial charge in [0.25, 0.3) is 0 Å². The summed E-state index contributed by atoms with van der Waals surface area (Å²) in [6.07, 6.45) is 2.21. The van der Waals surface area contributed by atoms with Crippen LogP contribution in [0, 0.1) is 5.92 Å². The van der Waals surface area contributed by atoms with Gasteiger partial charge in [0.05, 0.1) is 6.10 Å². The van der Waals surface area contributed by atoms with E-state index < -0.39 is 0 Å². The predicted molar refractivity (Wildman–Crippen MR) is 80.6 cm³/mol. The van der Waals surface area contributed by atoms with E-state index in [0.29, 0.717) is 5.92 Å². The van der Waals surface area contributed by atoms with E-state index >= 15 is 0 Å². The Morgan fingerprint density at radius 2 is 2.11 bits per heavy atom. The molecule has 1 aliphatic rings. The van der Waals surface area contributed by atoms with Crippen LogP contribution in [-0.4, -0.2) is 49.3 Å². The fourth-order valence-corrected chi connectivity index (χ4v) is 2.79. The third kappa shape index (κ3) is 4.22. The molecule has 0 spiro atoms. The number of hydrogen-bond acceptors (Lipinski definition) is 3. The summed E-state index contributed by atoms with van der Waals surface area (Å²) in [5, 5.41) is 9.71. The lowest BCUT2D eigenvalue weighted by atomic mass is 9.93. The molecule has 2 unspecified atom stereocenters. The standard InChI is InChI=1S/C16H26N2O/c1-14(19)15-7-6-10-18(13-15)12-11-17(2)16-8-4-3-5-9-16/h3-5,8-9,14-15,19H,6-7,10-13H2,1-2H3. The van der Waals surface area contributed by atoms with Crippen LogP contribution < -0.4 is 4.90 Å². The molecule has 0 aromatic heterocycles. The van der Waals surface area contributed by atoms with E-state index in [9.17, 15) is 5.11 Å². The van der Waals surface area contributed by atoms with Gasteiger partial charge in [0.2, 0.25) is 0 Å². The van der Waals surface area contributed by atoms with E-state index in [1.54, 1.807) is 0 Å². The lowest BCUT2D eigenvalue weighted by Gasteiger charge is -2.35. The summed E-state index contributed by atoms with van der Waals surface area (Å²) in [4.78, 5) is 4.78. The van der Waals surface area contributed by atoms with E-state index in [0.717, 1.165) is 19.6 Å². The third-order valence-corrected chi connectivity index (χ3v) is 4.17. The van der Waals surface area contributed by atoms with Gasteiger partial charge in [0.15, 0.2) is 0 Å². The van der Waals surface area contributed by atoms with Crippen molar-refractivity contribution in [3.05, 3.63) is 30.3 Å². The second kappa shape index (κ2) is 6.92. The quantitative estimate of drug-likeness (QED) is 0.881. The number of likely N-dealkylation sites (tertiary alicyclic amines) is 1. The maximum absolute atomic E-state index is 9.71. The van der Waals surface area contributed by atoms with Gasteiger partial charge >= 0.3 is 0 Å². The Balaban J connectivity index is 1.79. The van der Waals surface area contributed by atoms with Crippen LogP contribution in [0.4, 0.5) is 5.69 Å². The molecule has 106 valence electrons. The van der Waals surface area contributed by atoms with E-state index in [4.69, 9.17) is 0 Å². The van der Waals surface area contributed by atoms with Gasteiger partial charge < -0.3 is 14.9 Å². The van der Waals surface area contributed by atoms with Gasteiger partial charge in [-0.2, -0.15) is 0 Å². The van der Waals surface area contributed by atoms with Crippen LogP contribution in [0.2, 0.25) is 0 Å². The van der Waals surface area contributed by atoms with Crippen molar-refractivity contribution in [2.45, 2.75) is 25.9 Å². The molecule has 3 heteroatoms. The molecule has 1 aromatic carbocycles. The maximum atomic E-state index is 9.71. The van der Waals surface area contributed by atoms with Gasteiger partial charge in [-0.05, 0) is 44.4 Å². The van der Waals surface area contributed by atoms with E-state index in [1.807, 2.05) is 6.92 Å². The molecule has 0 radical (unpaired) electrons. The second-order valence-corrected chi connectivity index (χ2v) is 5.70. The van der Waals surface area contributed by atoms with Crippen molar-refractivity contribution in [1.82, 2.24) is 4.90 Å². The van der Waals surface area contributed by atoms with Crippen molar-refractivity contribution in [3.63, 3.8) is 0 Å². The minimum atomic E-state index is -0.172. The molecule has 0 amide bonds. The van der Waals surface area contributed by atoms with Gasteiger partial charge in [-0.15, -0.1) is 0 Å². The normalized spacial score (nSPS) is 22.2. The van der Waals surface area contributed by atoms with Crippen molar-refractivity contribution >= 4 is 5.69 Å². The lowest BCUT2D eigenvalue weighted by Crippen LogP contribution is -2.42. The molecule has 2 atom stereocenters. The molecule has 1 saturated heterocycles. The predicted octanol–water partition coefficient (Wildman–Crippen LogP) is 2.22. The molecule has 1 N–H and O–H groups in total. The summed E-state index contributed by atoms with van der Waals surface area (Å²) >= 11 is 0. The first-order chi connectivity index (χ1) is 9.16. The van der Waals surface area contributed by atoms with Crippen LogP contribution in [-0.2, 0) is 0 Å². The molecule has 1 aromatic rings. The highest BCUT2D eigenvalue weighted by Crippen LogP contribution is 2.19. The number of rotatable bonds is 5. The van der Waals surface area contributed by atoms with Crippen LogP contribution in [0.15, 0.2) is 30.3 Å². The number of aliphatic hydroxyl groups is 1. The Morgan fingerprint density at radius 1 is 1.37 bits per heavy atom. The summed E-state index contributed by atoms with van der Waals surface area (Å²) in [5.74, 6) is 0.454. The summed E-state index contributed by atoms with van der Waals surface area (Å²) in [6.45, 7) is 6.25. The van der Waals surface area contributed by atoms with Crippen LogP contribution in [0.1, 0.15) is 19.8 Å². The SMILES string of the molecule is CC(O)C1CCCN(CCN(C)c2ccccc2)C1. The maximum Gasteiger partial charge on any atom is 0.0552 e. The Kier molecular flexibility index (Phi) is 5.23. The molecule has 1 fully saturated rings. The monoisotopic (exact) mass is 262 g/mol. The number of aliphatic hydroxyl groups excluding tert-OH is 1. The molecule has 2 rings (SSSR count). The molecule has 1 heterocycles. The highest BCUT2D eigenvalue weighted by Gasteiger charge is 2.23. The zero-order valence-corrected chi connectivity index (χ0v) is 12.1. The van der Waals surface area contributed by atoms with Gasteiger partial charge in [0, 0.05) is 32.4 Å². The Morgan fingerprint density at radius 3 is 2.79 bits per heavy atom. The summed E-state index contributed by atoms with van der Waals surface area (Å²) in [7, 11) is 2.14. The van der Waals surface area contributed by atoms with Gasteiger partial charge in [-0.25, -0.2) is 0 Å². The highest BCUT2D eigenvalue weighted by molar-refractivity contribution is 5.44. The molecule has 3 nitrogen and oxygen atoms in total. The molecule has 19 heavy (non-hydrogen) atoms. The number of nitrogens with zero attached hydrogens (tertiary/aromatic N) is 2. The van der Waals surface area contributed by atoms with E-state index in [2.05, 4.69) is 47.2 Å². The third-order valence-electron chi connectivity index (χ3n) is 4.17. The molecule has 0 aliphatic carbocycles. The Hall–Kier alpha value is -1.06. The Labute approximate surface area is 116 Å². The summed E-state index contributed by atoms with van der Waals surface area (Å²) in [6, 6.07) is 10.5. The Bertz CT molecular complexity index is 366. The first-order valence-electron chi connectivity index (χ1n) is 7.33. The fourth-order valence-electron chi connectivity index (χ4n) is 2.79.